The van der Waals surface area contributed by atoms with Crippen LogP contribution in [-0.4, -0.2) is 0 Å². The Morgan fingerprint density at radius 2 is 0.974 bits per heavy atom. The number of anilines is 3. The summed E-state index contributed by atoms with van der Waals surface area (Å²) in [5, 5.41) is 2.45. The maximum atomic E-state index is 3.58. The fourth-order valence-corrected chi connectivity index (χ4v) is 5.21. The summed E-state index contributed by atoms with van der Waals surface area (Å²) in [5.74, 6) is 0. The van der Waals surface area contributed by atoms with Crippen LogP contribution in [0.15, 0.2) is 156 Å². The summed E-state index contributed by atoms with van der Waals surface area (Å²) in [4.78, 5) is 2.29. The fourth-order valence-electron chi connectivity index (χ4n) is 4.83. The van der Waals surface area contributed by atoms with Crippen LogP contribution >= 0.6 is 15.9 Å². The predicted octanol–water partition coefficient (Wildman–Crippen LogP) is 10.7. The van der Waals surface area contributed by atoms with Gasteiger partial charge in [0.15, 0.2) is 0 Å². The first-order chi connectivity index (χ1) is 18.7. The lowest BCUT2D eigenvalue weighted by Gasteiger charge is -2.25. The van der Waals surface area contributed by atoms with E-state index in [0.29, 0.717) is 0 Å². The van der Waals surface area contributed by atoms with Gasteiger partial charge < -0.3 is 4.90 Å². The highest BCUT2D eigenvalue weighted by Gasteiger charge is 2.13. The van der Waals surface area contributed by atoms with Gasteiger partial charge in [-0.15, -0.1) is 0 Å². The van der Waals surface area contributed by atoms with Crippen molar-refractivity contribution in [3.8, 4) is 0 Å². The molecular formula is C36H26BrN. The van der Waals surface area contributed by atoms with Gasteiger partial charge in [-0.1, -0.05) is 113 Å². The highest BCUT2D eigenvalue weighted by molar-refractivity contribution is 9.10. The van der Waals surface area contributed by atoms with Crippen molar-refractivity contribution in [3.05, 3.63) is 173 Å². The minimum atomic E-state index is 1.10. The smallest absolute Gasteiger partial charge is 0.0462 e. The Morgan fingerprint density at radius 1 is 0.474 bits per heavy atom. The van der Waals surface area contributed by atoms with E-state index in [4.69, 9.17) is 0 Å². The van der Waals surface area contributed by atoms with Gasteiger partial charge in [0.05, 0.1) is 0 Å². The second-order valence-corrected chi connectivity index (χ2v) is 10.1. The number of hydrogen-bond donors (Lipinski definition) is 0. The zero-order valence-electron chi connectivity index (χ0n) is 20.8. The molecule has 0 aromatic heterocycles. The lowest BCUT2D eigenvalue weighted by Crippen LogP contribution is -2.09. The normalized spacial score (nSPS) is 11.4. The molecule has 0 radical (unpaired) electrons. The SMILES string of the molecule is Brc1ccc2cc(C=C(c3ccccc3)c3ccc(N(c4ccccc4)c4ccccc4)cc3)ccc2c1. The van der Waals surface area contributed by atoms with Gasteiger partial charge in [-0.2, -0.15) is 0 Å². The van der Waals surface area contributed by atoms with E-state index >= 15 is 0 Å². The molecule has 0 unspecified atom stereocenters. The number of halogens is 1. The fraction of sp³-hybridized carbons (Fsp3) is 0. The third-order valence-corrected chi connectivity index (χ3v) is 7.18. The van der Waals surface area contributed by atoms with Gasteiger partial charge in [0.1, 0.15) is 0 Å². The van der Waals surface area contributed by atoms with Crippen LogP contribution in [0.2, 0.25) is 0 Å². The van der Waals surface area contributed by atoms with Gasteiger partial charge in [-0.25, -0.2) is 0 Å². The van der Waals surface area contributed by atoms with Crippen LogP contribution in [0, 0.1) is 0 Å². The Bertz CT molecular complexity index is 1650. The average molecular weight is 553 g/mol. The molecule has 0 N–H and O–H groups in total. The van der Waals surface area contributed by atoms with Crippen molar-refractivity contribution in [3.63, 3.8) is 0 Å². The molecule has 0 heterocycles. The Labute approximate surface area is 232 Å². The molecule has 1 nitrogen and oxygen atoms in total. The van der Waals surface area contributed by atoms with Crippen molar-refractivity contribution >= 4 is 55.4 Å². The van der Waals surface area contributed by atoms with Gasteiger partial charge in [0.25, 0.3) is 0 Å². The third-order valence-electron chi connectivity index (χ3n) is 6.69. The number of benzene rings is 6. The maximum absolute atomic E-state index is 3.58. The minimum Gasteiger partial charge on any atom is -0.311 e. The standard InChI is InChI=1S/C36H26BrN/c37-32-21-18-30-24-27(16-17-31(30)26-32)25-36(28-10-4-1-5-11-28)29-19-22-35(23-20-29)38(33-12-6-2-7-13-33)34-14-8-3-9-15-34/h1-26H. The molecule has 6 aromatic carbocycles. The van der Waals surface area contributed by atoms with Crippen molar-refractivity contribution in [2.45, 2.75) is 0 Å². The van der Waals surface area contributed by atoms with Crippen LogP contribution in [0.4, 0.5) is 17.1 Å². The molecule has 0 aliphatic rings. The lowest BCUT2D eigenvalue weighted by molar-refractivity contribution is 1.28. The Morgan fingerprint density at radius 3 is 1.61 bits per heavy atom. The number of fused-ring (bicyclic) bond motifs is 1. The summed E-state index contributed by atoms with van der Waals surface area (Å²) < 4.78 is 1.10. The van der Waals surface area contributed by atoms with Crippen molar-refractivity contribution < 1.29 is 0 Å². The molecule has 38 heavy (non-hydrogen) atoms. The van der Waals surface area contributed by atoms with Crippen LogP contribution in [0.1, 0.15) is 16.7 Å². The largest absolute Gasteiger partial charge is 0.311 e. The van der Waals surface area contributed by atoms with E-state index in [9.17, 15) is 0 Å². The maximum Gasteiger partial charge on any atom is 0.0462 e. The van der Waals surface area contributed by atoms with Crippen molar-refractivity contribution in [2.75, 3.05) is 4.90 Å². The molecule has 0 fully saturated rings. The Balaban J connectivity index is 1.43. The lowest BCUT2D eigenvalue weighted by atomic mass is 9.94. The zero-order chi connectivity index (χ0) is 25.7. The van der Waals surface area contributed by atoms with Crippen LogP contribution in [0.25, 0.3) is 22.4 Å². The molecule has 0 aliphatic heterocycles. The van der Waals surface area contributed by atoms with Gasteiger partial charge in [-0.3, -0.25) is 0 Å². The molecule has 0 bridgehead atoms. The van der Waals surface area contributed by atoms with Gasteiger partial charge in [-0.05, 0) is 93.7 Å². The number of para-hydroxylation sites is 2. The highest BCUT2D eigenvalue weighted by atomic mass is 79.9. The second-order valence-electron chi connectivity index (χ2n) is 9.23. The van der Waals surface area contributed by atoms with E-state index in [2.05, 4.69) is 179 Å². The topological polar surface area (TPSA) is 3.24 Å². The molecule has 182 valence electrons. The molecule has 2 heteroatoms. The van der Waals surface area contributed by atoms with E-state index in [1.54, 1.807) is 0 Å². The quantitative estimate of drug-likeness (QED) is 0.186. The number of rotatable bonds is 6. The van der Waals surface area contributed by atoms with Crippen molar-refractivity contribution in [1.82, 2.24) is 0 Å². The molecule has 0 aliphatic carbocycles. The molecule has 0 spiro atoms. The van der Waals surface area contributed by atoms with Crippen LogP contribution in [0.5, 0.6) is 0 Å². The van der Waals surface area contributed by atoms with Gasteiger partial charge >= 0.3 is 0 Å². The van der Waals surface area contributed by atoms with E-state index in [1.165, 1.54) is 33.0 Å². The van der Waals surface area contributed by atoms with Crippen LogP contribution < -0.4 is 4.90 Å². The molecule has 6 rings (SSSR count). The van der Waals surface area contributed by atoms with E-state index in [1.807, 2.05) is 0 Å². The summed E-state index contributed by atoms with van der Waals surface area (Å²) in [5.41, 5.74) is 8.13. The Kier molecular flexibility index (Phi) is 6.89. The summed E-state index contributed by atoms with van der Waals surface area (Å²) in [6, 6.07) is 53.6. The molecule has 0 saturated carbocycles. The summed E-state index contributed by atoms with van der Waals surface area (Å²) in [6.07, 6.45) is 2.29. The summed E-state index contributed by atoms with van der Waals surface area (Å²) >= 11 is 3.58. The minimum absolute atomic E-state index is 1.10. The first kappa shape index (κ1) is 24.0. The monoisotopic (exact) mass is 551 g/mol. The van der Waals surface area contributed by atoms with Crippen LogP contribution in [0.3, 0.4) is 0 Å². The first-order valence-electron chi connectivity index (χ1n) is 12.7. The molecular weight excluding hydrogens is 526 g/mol. The molecule has 0 saturated heterocycles. The van der Waals surface area contributed by atoms with E-state index < -0.39 is 0 Å². The van der Waals surface area contributed by atoms with Crippen molar-refractivity contribution in [1.29, 1.82) is 0 Å². The molecule has 6 aromatic rings. The second kappa shape index (κ2) is 10.9. The predicted molar refractivity (Wildman–Crippen MR) is 166 cm³/mol. The van der Waals surface area contributed by atoms with Gasteiger partial charge in [0.2, 0.25) is 0 Å². The summed E-state index contributed by atoms with van der Waals surface area (Å²) in [6.45, 7) is 0. The van der Waals surface area contributed by atoms with E-state index in [0.717, 1.165) is 21.5 Å². The summed E-state index contributed by atoms with van der Waals surface area (Å²) in [7, 11) is 0. The third kappa shape index (κ3) is 5.18. The number of nitrogens with zero attached hydrogens (tertiary/aromatic N) is 1. The number of hydrogen-bond acceptors (Lipinski definition) is 1. The zero-order valence-corrected chi connectivity index (χ0v) is 22.4. The average Bonchev–Trinajstić information content (AvgIpc) is 2.98. The van der Waals surface area contributed by atoms with Gasteiger partial charge in [0, 0.05) is 21.5 Å². The molecule has 0 atom stereocenters. The van der Waals surface area contributed by atoms with Crippen molar-refractivity contribution in [2.24, 2.45) is 0 Å². The van der Waals surface area contributed by atoms with Crippen LogP contribution in [-0.2, 0) is 0 Å². The molecule has 0 amide bonds. The highest BCUT2D eigenvalue weighted by Crippen LogP contribution is 2.36. The first-order valence-corrected chi connectivity index (χ1v) is 13.5. The Hall–Kier alpha value is -4.40. The van der Waals surface area contributed by atoms with E-state index in [-0.39, 0.29) is 0 Å².